The fourth-order valence-corrected chi connectivity index (χ4v) is 5.37. The number of amides is 2. The fourth-order valence-electron chi connectivity index (χ4n) is 4.08. The van der Waals surface area contributed by atoms with Gasteiger partial charge in [0.25, 0.3) is 5.69 Å². The highest BCUT2D eigenvalue weighted by Gasteiger charge is 2.34. The van der Waals surface area contributed by atoms with Gasteiger partial charge in [0.05, 0.1) is 31.2 Å². The molecule has 0 N–H and O–H groups in total. The minimum Gasteiger partial charge on any atom is -0.462 e. The minimum absolute atomic E-state index is 0.0519. The lowest BCUT2D eigenvalue weighted by Gasteiger charge is -2.25. The maximum atomic E-state index is 14.8. The number of nitro groups is 1. The van der Waals surface area contributed by atoms with E-state index < -0.39 is 52.4 Å². The average molecular weight is 634 g/mol. The molecule has 0 bridgehead atoms. The van der Waals surface area contributed by atoms with Crippen molar-refractivity contribution in [2.45, 2.75) is 53.3 Å². The van der Waals surface area contributed by atoms with Gasteiger partial charge in [0, 0.05) is 35.2 Å². The fraction of sp³-hybridized carbons (Fsp3) is 0.367. The number of halogens is 2. The van der Waals surface area contributed by atoms with E-state index in [1.807, 2.05) is 0 Å². The van der Waals surface area contributed by atoms with E-state index in [1.54, 1.807) is 34.6 Å². The van der Waals surface area contributed by atoms with Crippen molar-refractivity contribution in [2.24, 2.45) is 0 Å². The molecular formula is C30H33F2N3O8S. The predicted molar refractivity (Wildman–Crippen MR) is 160 cm³/mol. The number of benzene rings is 2. The lowest BCUT2D eigenvalue weighted by atomic mass is 10.0. The topological polar surface area (TPSA) is 129 Å². The Balaban J connectivity index is 2.32. The zero-order valence-corrected chi connectivity index (χ0v) is 26.0. The normalized spacial score (nSPS) is 11.1. The van der Waals surface area contributed by atoms with Gasteiger partial charge in [-0.15, -0.1) is 11.3 Å². The summed E-state index contributed by atoms with van der Waals surface area (Å²) < 4.78 is 45.6. The third kappa shape index (κ3) is 8.07. The number of non-ortho nitro benzene ring substituents is 1. The second-order valence-electron chi connectivity index (χ2n) is 10.4. The van der Waals surface area contributed by atoms with Crippen molar-refractivity contribution in [3.05, 3.63) is 80.9 Å². The van der Waals surface area contributed by atoms with Gasteiger partial charge in [0.1, 0.15) is 27.8 Å². The van der Waals surface area contributed by atoms with Crippen LogP contribution in [0.4, 0.5) is 29.1 Å². The van der Waals surface area contributed by atoms with E-state index in [4.69, 9.17) is 14.2 Å². The molecule has 1 heterocycles. The van der Waals surface area contributed by atoms with Crippen LogP contribution in [0.25, 0.3) is 10.4 Å². The third-order valence-electron chi connectivity index (χ3n) is 6.02. The van der Waals surface area contributed by atoms with Gasteiger partial charge in [-0.05, 0) is 64.4 Å². The molecule has 0 unspecified atom stereocenters. The Morgan fingerprint density at radius 2 is 1.50 bits per heavy atom. The van der Waals surface area contributed by atoms with Gasteiger partial charge < -0.3 is 19.1 Å². The van der Waals surface area contributed by atoms with Gasteiger partial charge >= 0.3 is 18.2 Å². The lowest BCUT2D eigenvalue weighted by molar-refractivity contribution is -0.384. The van der Waals surface area contributed by atoms with Crippen LogP contribution in [0.3, 0.4) is 0 Å². The molecule has 2 amide bonds. The number of hydrogen-bond acceptors (Lipinski definition) is 9. The van der Waals surface area contributed by atoms with Crippen molar-refractivity contribution in [1.29, 1.82) is 0 Å². The maximum Gasteiger partial charge on any atom is 0.415 e. The summed E-state index contributed by atoms with van der Waals surface area (Å²) in [5, 5.41) is 11.2. The third-order valence-corrected chi connectivity index (χ3v) is 7.32. The summed E-state index contributed by atoms with van der Waals surface area (Å²) in [7, 11) is 1.44. The smallest absolute Gasteiger partial charge is 0.415 e. The molecule has 0 saturated carbocycles. The Labute approximate surface area is 257 Å². The number of anilines is 1. The van der Waals surface area contributed by atoms with Crippen molar-refractivity contribution < 1.29 is 42.3 Å². The molecule has 1 aromatic heterocycles. The predicted octanol–water partition coefficient (Wildman–Crippen LogP) is 7.31. The number of thiophene rings is 1. The first-order valence-corrected chi connectivity index (χ1v) is 14.4. The van der Waals surface area contributed by atoms with Crippen molar-refractivity contribution in [3.8, 4) is 10.4 Å². The minimum atomic E-state index is -0.996. The molecule has 11 nitrogen and oxygen atoms in total. The molecule has 3 rings (SSSR count). The molecule has 0 aliphatic rings. The number of hydrogen-bond donors (Lipinski definition) is 0. The number of esters is 1. The highest BCUT2D eigenvalue weighted by molar-refractivity contribution is 7.20. The van der Waals surface area contributed by atoms with Crippen LogP contribution in [0, 0.1) is 21.7 Å². The van der Waals surface area contributed by atoms with Gasteiger partial charge in [0.15, 0.2) is 0 Å². The Morgan fingerprint density at radius 3 is 2.02 bits per heavy atom. The van der Waals surface area contributed by atoms with E-state index in [9.17, 15) is 33.3 Å². The molecule has 236 valence electrons. The van der Waals surface area contributed by atoms with Crippen molar-refractivity contribution in [1.82, 2.24) is 4.90 Å². The van der Waals surface area contributed by atoms with Crippen LogP contribution in [0.15, 0.2) is 42.5 Å². The monoisotopic (exact) mass is 633 g/mol. The molecular weight excluding hydrogens is 600 g/mol. The number of carbonyl (C=O) groups excluding carboxylic acids is 3. The summed E-state index contributed by atoms with van der Waals surface area (Å²) in [4.78, 5) is 53.0. The molecule has 0 aliphatic carbocycles. The standard InChI is InChI=1S/C30H33F2N3O8S/c1-7-41-27(36)24-21(16-33(6)28(37)43-30(3,4)5)25(18-12-14-19(15-13-18)35(39)40)44-26(24)34(29(38)42-8-2)17-20-22(31)10-9-11-23(20)32/h9-15H,7-8,16-17H2,1-6H3. The van der Waals surface area contributed by atoms with E-state index in [2.05, 4.69) is 0 Å². The summed E-state index contributed by atoms with van der Waals surface area (Å²) in [5.41, 5.74) is -0.994. The first-order valence-electron chi connectivity index (χ1n) is 13.6. The van der Waals surface area contributed by atoms with Crippen molar-refractivity contribution in [2.75, 3.05) is 25.2 Å². The molecule has 14 heteroatoms. The summed E-state index contributed by atoms with van der Waals surface area (Å²) >= 11 is 0.898. The lowest BCUT2D eigenvalue weighted by Crippen LogP contribution is -2.34. The zero-order chi connectivity index (χ0) is 32.8. The second kappa shape index (κ2) is 14.3. The molecule has 2 aromatic carbocycles. The zero-order valence-electron chi connectivity index (χ0n) is 25.1. The van der Waals surface area contributed by atoms with Crippen LogP contribution in [-0.4, -0.2) is 53.8 Å². The molecule has 0 radical (unpaired) electrons. The van der Waals surface area contributed by atoms with E-state index in [0.717, 1.165) is 28.4 Å². The second-order valence-corrected chi connectivity index (χ2v) is 11.4. The van der Waals surface area contributed by atoms with Crippen LogP contribution in [-0.2, 0) is 27.3 Å². The van der Waals surface area contributed by atoms with Gasteiger partial charge in [-0.1, -0.05) is 6.07 Å². The van der Waals surface area contributed by atoms with E-state index in [0.29, 0.717) is 10.4 Å². The summed E-state index contributed by atoms with van der Waals surface area (Å²) in [6, 6.07) is 8.67. The quantitative estimate of drug-likeness (QED) is 0.0984. The molecule has 0 saturated heterocycles. The number of rotatable bonds is 10. The van der Waals surface area contributed by atoms with E-state index in [1.165, 1.54) is 42.3 Å². The number of carbonyl (C=O) groups is 3. The highest BCUT2D eigenvalue weighted by atomic mass is 32.1. The van der Waals surface area contributed by atoms with Crippen LogP contribution >= 0.6 is 11.3 Å². The summed E-state index contributed by atoms with van der Waals surface area (Å²) in [6.45, 7) is 7.17. The van der Waals surface area contributed by atoms with Crippen LogP contribution < -0.4 is 4.90 Å². The van der Waals surface area contributed by atoms with Gasteiger partial charge in [0.2, 0.25) is 0 Å². The van der Waals surface area contributed by atoms with Gasteiger partial charge in [-0.3, -0.25) is 15.0 Å². The molecule has 3 aromatic rings. The molecule has 0 atom stereocenters. The highest BCUT2D eigenvalue weighted by Crippen LogP contribution is 2.44. The number of nitro benzene ring substituents is 1. The first-order chi connectivity index (χ1) is 20.7. The van der Waals surface area contributed by atoms with Crippen LogP contribution in [0.2, 0.25) is 0 Å². The number of nitrogens with zero attached hydrogens (tertiary/aromatic N) is 3. The molecule has 0 aliphatic heterocycles. The number of ether oxygens (including phenoxy) is 3. The van der Waals surface area contributed by atoms with Gasteiger partial charge in [-0.25, -0.2) is 23.2 Å². The van der Waals surface area contributed by atoms with E-state index in [-0.39, 0.29) is 41.6 Å². The Hall–Kier alpha value is -4.59. The Bertz CT molecular complexity index is 1520. The van der Waals surface area contributed by atoms with Gasteiger partial charge in [-0.2, -0.15) is 0 Å². The van der Waals surface area contributed by atoms with Crippen LogP contribution in [0.5, 0.6) is 0 Å². The maximum absolute atomic E-state index is 14.8. The molecule has 44 heavy (non-hydrogen) atoms. The summed E-state index contributed by atoms with van der Waals surface area (Å²) in [5.74, 6) is -2.72. The first kappa shape index (κ1) is 33.9. The largest absolute Gasteiger partial charge is 0.462 e. The van der Waals surface area contributed by atoms with E-state index >= 15 is 0 Å². The van der Waals surface area contributed by atoms with Crippen LogP contribution in [0.1, 0.15) is 56.1 Å². The summed E-state index contributed by atoms with van der Waals surface area (Å²) in [6.07, 6.45) is -1.71. The Kier molecular flexibility index (Phi) is 11.0. The SMILES string of the molecule is CCOC(=O)c1c(N(Cc2c(F)cccc2F)C(=O)OCC)sc(-c2ccc([N+](=O)[O-])cc2)c1CN(C)C(=O)OC(C)(C)C. The molecule has 0 spiro atoms. The molecule has 0 fully saturated rings. The van der Waals surface area contributed by atoms with Crippen molar-refractivity contribution in [3.63, 3.8) is 0 Å². The Morgan fingerprint density at radius 1 is 0.909 bits per heavy atom. The average Bonchev–Trinajstić information content (AvgIpc) is 3.30. The van der Waals surface area contributed by atoms with Crippen molar-refractivity contribution >= 4 is 40.2 Å².